The van der Waals surface area contributed by atoms with Crippen molar-refractivity contribution < 1.29 is 4.79 Å². The maximum atomic E-state index is 13.0. The van der Waals surface area contributed by atoms with Crippen molar-refractivity contribution in [3.63, 3.8) is 0 Å². The third kappa shape index (κ3) is 4.10. The van der Waals surface area contributed by atoms with Crippen LogP contribution in [0.5, 0.6) is 0 Å². The summed E-state index contributed by atoms with van der Waals surface area (Å²) in [5.41, 5.74) is 1.74. The molecule has 0 unspecified atom stereocenters. The van der Waals surface area contributed by atoms with Gasteiger partial charge in [0, 0.05) is 18.3 Å². The molecule has 1 N–H and O–H groups in total. The Labute approximate surface area is 167 Å². The molecule has 1 saturated heterocycles. The smallest absolute Gasteiger partial charge is 0.241 e. The molecule has 28 heavy (non-hydrogen) atoms. The molecule has 1 aromatic carbocycles. The first-order valence-corrected chi connectivity index (χ1v) is 10.2. The summed E-state index contributed by atoms with van der Waals surface area (Å²) < 4.78 is 1.90. The zero-order valence-corrected chi connectivity index (χ0v) is 16.8. The van der Waals surface area contributed by atoms with Crippen LogP contribution in [0.1, 0.15) is 30.1 Å². The Bertz CT molecular complexity index is 967. The number of aromatic nitrogens is 5. The molecule has 146 valence electrons. The van der Waals surface area contributed by atoms with Crippen LogP contribution in [0.3, 0.4) is 0 Å². The average molecular weight is 398 g/mol. The fraction of sp³-hybridized carbons (Fsp3) is 0.421. The Kier molecular flexibility index (Phi) is 5.45. The predicted octanol–water partition coefficient (Wildman–Crippen LogP) is 2.64. The summed E-state index contributed by atoms with van der Waals surface area (Å²) in [5, 5.41) is 21.2. The molecule has 9 heteroatoms. The predicted molar refractivity (Wildman–Crippen MR) is 108 cm³/mol. The number of hydrogen-bond donors (Lipinski definition) is 1. The molecule has 2 aromatic heterocycles. The summed E-state index contributed by atoms with van der Waals surface area (Å²) in [6.07, 6.45) is 4.68. The summed E-state index contributed by atoms with van der Waals surface area (Å²) in [6, 6.07) is 7.60. The van der Waals surface area contributed by atoms with Gasteiger partial charge in [0.15, 0.2) is 0 Å². The molecule has 1 amide bonds. The van der Waals surface area contributed by atoms with E-state index >= 15 is 0 Å². The van der Waals surface area contributed by atoms with E-state index in [1.54, 1.807) is 17.7 Å². The van der Waals surface area contributed by atoms with Crippen LogP contribution in [0, 0.1) is 6.92 Å². The van der Waals surface area contributed by atoms with Crippen LogP contribution in [-0.4, -0.2) is 48.4 Å². The second kappa shape index (κ2) is 8.15. The number of aryl methyl sites for hydroxylation is 2. The van der Waals surface area contributed by atoms with Crippen molar-refractivity contribution in [2.24, 2.45) is 7.05 Å². The molecule has 8 nitrogen and oxygen atoms in total. The average Bonchev–Trinajstić information content (AvgIpc) is 3.31. The molecule has 0 spiro atoms. The number of nitrogens with zero attached hydrogens (tertiary/aromatic N) is 6. The van der Waals surface area contributed by atoms with E-state index in [-0.39, 0.29) is 11.9 Å². The Morgan fingerprint density at radius 2 is 2.18 bits per heavy atom. The van der Waals surface area contributed by atoms with Gasteiger partial charge in [-0.1, -0.05) is 29.9 Å². The monoisotopic (exact) mass is 397 g/mol. The quantitative estimate of drug-likeness (QED) is 0.712. The van der Waals surface area contributed by atoms with E-state index in [0.29, 0.717) is 6.54 Å². The van der Waals surface area contributed by atoms with E-state index < -0.39 is 0 Å². The Balaban J connectivity index is 1.48. The molecular formula is C19H23N7OS. The van der Waals surface area contributed by atoms with Crippen LogP contribution in [0.25, 0.3) is 10.6 Å². The normalized spacial score (nSPS) is 17.6. The summed E-state index contributed by atoms with van der Waals surface area (Å²) in [5.74, 6) is 0.890. The van der Waals surface area contributed by atoms with Gasteiger partial charge >= 0.3 is 0 Å². The van der Waals surface area contributed by atoms with Crippen molar-refractivity contribution in [1.82, 2.24) is 29.9 Å². The first-order chi connectivity index (χ1) is 13.6. The first-order valence-electron chi connectivity index (χ1n) is 9.38. The molecular weight excluding hydrogens is 374 g/mol. The first kappa shape index (κ1) is 18.7. The Morgan fingerprint density at radius 1 is 1.29 bits per heavy atom. The standard InChI is InChI=1S/C19H23N7OS/c1-13-22-24-19(28-13)14-6-5-7-15(10-14)21-18(27)16-8-3-4-9-26(16)11-17-23-20-12-25(17)2/h5-7,10,12,16H,3-4,8-9,11H2,1-2H3,(H,21,27)/t16-/m0/s1. The molecule has 3 heterocycles. The number of amides is 1. The number of hydrogen-bond acceptors (Lipinski definition) is 7. The highest BCUT2D eigenvalue weighted by atomic mass is 32.1. The lowest BCUT2D eigenvalue weighted by Crippen LogP contribution is -2.46. The van der Waals surface area contributed by atoms with E-state index in [0.717, 1.165) is 52.9 Å². The second-order valence-electron chi connectivity index (χ2n) is 7.04. The summed E-state index contributed by atoms with van der Waals surface area (Å²) in [7, 11) is 1.93. The lowest BCUT2D eigenvalue weighted by molar-refractivity contribution is -0.122. The van der Waals surface area contributed by atoms with Gasteiger partial charge in [0.05, 0.1) is 12.6 Å². The molecule has 3 aromatic rings. The van der Waals surface area contributed by atoms with Gasteiger partial charge in [-0.2, -0.15) is 0 Å². The largest absolute Gasteiger partial charge is 0.325 e. The lowest BCUT2D eigenvalue weighted by atomic mass is 10.0. The van der Waals surface area contributed by atoms with Crippen LogP contribution >= 0.6 is 11.3 Å². The minimum Gasteiger partial charge on any atom is -0.325 e. The number of benzene rings is 1. The van der Waals surface area contributed by atoms with Crippen LogP contribution in [0.4, 0.5) is 5.69 Å². The van der Waals surface area contributed by atoms with Crippen molar-refractivity contribution >= 4 is 22.9 Å². The number of rotatable bonds is 5. The molecule has 0 saturated carbocycles. The van der Waals surface area contributed by atoms with Crippen LogP contribution in [-0.2, 0) is 18.4 Å². The topological polar surface area (TPSA) is 88.8 Å². The number of piperidine rings is 1. The zero-order valence-electron chi connectivity index (χ0n) is 16.0. The summed E-state index contributed by atoms with van der Waals surface area (Å²) >= 11 is 1.54. The highest BCUT2D eigenvalue weighted by Gasteiger charge is 2.29. The maximum absolute atomic E-state index is 13.0. The van der Waals surface area contributed by atoms with E-state index in [2.05, 4.69) is 30.6 Å². The van der Waals surface area contributed by atoms with Crippen LogP contribution < -0.4 is 5.32 Å². The summed E-state index contributed by atoms with van der Waals surface area (Å²) in [4.78, 5) is 15.2. The van der Waals surface area contributed by atoms with Gasteiger partial charge in [-0.15, -0.1) is 20.4 Å². The van der Waals surface area contributed by atoms with Gasteiger partial charge < -0.3 is 9.88 Å². The summed E-state index contributed by atoms with van der Waals surface area (Å²) in [6.45, 7) is 3.44. The van der Waals surface area contributed by atoms with E-state index in [1.807, 2.05) is 42.8 Å². The molecule has 0 aliphatic carbocycles. The number of carbonyl (C=O) groups excluding carboxylic acids is 1. The second-order valence-corrected chi connectivity index (χ2v) is 8.22. The van der Waals surface area contributed by atoms with Crippen molar-refractivity contribution in [2.75, 3.05) is 11.9 Å². The molecule has 0 radical (unpaired) electrons. The number of carbonyl (C=O) groups is 1. The molecule has 1 aliphatic heterocycles. The zero-order chi connectivity index (χ0) is 19.5. The molecule has 0 bridgehead atoms. The van der Waals surface area contributed by atoms with E-state index in [1.165, 1.54) is 0 Å². The van der Waals surface area contributed by atoms with Gasteiger partial charge in [0.25, 0.3) is 0 Å². The number of nitrogens with one attached hydrogen (secondary N) is 1. The Morgan fingerprint density at radius 3 is 2.93 bits per heavy atom. The van der Waals surface area contributed by atoms with Crippen LogP contribution in [0.15, 0.2) is 30.6 Å². The van der Waals surface area contributed by atoms with Gasteiger partial charge in [-0.25, -0.2) is 0 Å². The van der Waals surface area contributed by atoms with Gasteiger partial charge in [-0.3, -0.25) is 9.69 Å². The Hall–Kier alpha value is -2.65. The van der Waals surface area contributed by atoms with Crippen molar-refractivity contribution in [2.45, 2.75) is 38.8 Å². The molecule has 1 fully saturated rings. The van der Waals surface area contributed by atoms with Gasteiger partial charge in [0.1, 0.15) is 22.2 Å². The van der Waals surface area contributed by atoms with Crippen molar-refractivity contribution in [3.05, 3.63) is 41.4 Å². The minimum atomic E-state index is -0.169. The SMILES string of the molecule is Cc1nnc(-c2cccc(NC(=O)[C@@H]3CCCCN3Cc3nncn3C)c2)s1. The van der Waals surface area contributed by atoms with Crippen LogP contribution in [0.2, 0.25) is 0 Å². The highest BCUT2D eigenvalue weighted by Crippen LogP contribution is 2.26. The molecule has 1 aliphatic rings. The van der Waals surface area contributed by atoms with Crippen molar-refractivity contribution in [3.8, 4) is 10.6 Å². The van der Waals surface area contributed by atoms with E-state index in [4.69, 9.17) is 0 Å². The highest BCUT2D eigenvalue weighted by molar-refractivity contribution is 7.14. The fourth-order valence-electron chi connectivity index (χ4n) is 3.48. The van der Waals surface area contributed by atoms with Gasteiger partial charge in [0.2, 0.25) is 5.91 Å². The maximum Gasteiger partial charge on any atom is 0.241 e. The molecule has 1 atom stereocenters. The third-order valence-corrected chi connectivity index (χ3v) is 5.86. The number of likely N-dealkylation sites (tertiary alicyclic amines) is 1. The lowest BCUT2D eigenvalue weighted by Gasteiger charge is -2.34. The fourth-order valence-corrected chi connectivity index (χ4v) is 4.17. The van der Waals surface area contributed by atoms with E-state index in [9.17, 15) is 4.79 Å². The number of anilines is 1. The van der Waals surface area contributed by atoms with Crippen molar-refractivity contribution in [1.29, 1.82) is 0 Å². The minimum absolute atomic E-state index is 0.0208. The van der Waals surface area contributed by atoms with Gasteiger partial charge in [-0.05, 0) is 38.4 Å². The molecule has 4 rings (SSSR count). The third-order valence-electron chi connectivity index (χ3n) is 4.97.